The summed E-state index contributed by atoms with van der Waals surface area (Å²) in [5, 5.41) is 5.34. The van der Waals surface area contributed by atoms with Crippen LogP contribution in [0.1, 0.15) is 50.8 Å². The third-order valence-corrected chi connectivity index (χ3v) is 5.62. The van der Waals surface area contributed by atoms with Gasteiger partial charge in [0.05, 0.1) is 6.04 Å². The van der Waals surface area contributed by atoms with Crippen molar-refractivity contribution in [2.75, 3.05) is 0 Å². The van der Waals surface area contributed by atoms with Gasteiger partial charge in [0.1, 0.15) is 17.1 Å². The quantitative estimate of drug-likeness (QED) is 0.592. The molecule has 1 N–H and O–H groups in total. The van der Waals surface area contributed by atoms with E-state index in [2.05, 4.69) is 32.2 Å². The molecule has 30 heavy (non-hydrogen) atoms. The number of hydrogen-bond donors (Lipinski definition) is 1. The highest BCUT2D eigenvalue weighted by molar-refractivity contribution is 5.89. The van der Waals surface area contributed by atoms with E-state index in [4.69, 9.17) is 9.47 Å². The summed E-state index contributed by atoms with van der Waals surface area (Å²) in [6.07, 6.45) is 0.734. The Morgan fingerprint density at radius 2 is 1.93 bits per heavy atom. The Kier molecular flexibility index (Phi) is 5.42. The van der Waals surface area contributed by atoms with Crippen LogP contribution in [0, 0.1) is 6.92 Å². The smallest absolute Gasteiger partial charge is 0.261 e. The van der Waals surface area contributed by atoms with Crippen LogP contribution in [0.15, 0.2) is 60.7 Å². The lowest BCUT2D eigenvalue weighted by molar-refractivity contribution is -0.129. The first-order valence-corrected chi connectivity index (χ1v) is 10.6. The first-order valence-electron chi connectivity index (χ1n) is 10.6. The zero-order valence-corrected chi connectivity index (χ0v) is 18.1. The van der Waals surface area contributed by atoms with Crippen LogP contribution in [0.4, 0.5) is 0 Å². The van der Waals surface area contributed by atoms with E-state index in [0.29, 0.717) is 12.8 Å². The minimum absolute atomic E-state index is 0.0967. The maximum absolute atomic E-state index is 13.2. The van der Waals surface area contributed by atoms with Crippen molar-refractivity contribution in [3.63, 3.8) is 0 Å². The van der Waals surface area contributed by atoms with E-state index in [0.717, 1.165) is 33.4 Å². The summed E-state index contributed by atoms with van der Waals surface area (Å²) in [5.74, 6) is 1.48. The highest BCUT2D eigenvalue weighted by Crippen LogP contribution is 2.40. The lowest BCUT2D eigenvalue weighted by Gasteiger charge is -2.38. The number of benzene rings is 3. The lowest BCUT2D eigenvalue weighted by Crippen LogP contribution is -2.45. The lowest BCUT2D eigenvalue weighted by atomic mass is 9.88. The van der Waals surface area contributed by atoms with Crippen molar-refractivity contribution in [2.24, 2.45) is 0 Å². The van der Waals surface area contributed by atoms with Crippen molar-refractivity contribution in [1.82, 2.24) is 5.32 Å². The second-order valence-corrected chi connectivity index (χ2v) is 8.66. The summed E-state index contributed by atoms with van der Waals surface area (Å²) in [6, 6.07) is 20.0. The Hall–Kier alpha value is -3.01. The fourth-order valence-corrected chi connectivity index (χ4v) is 4.14. The molecule has 0 radical (unpaired) electrons. The van der Waals surface area contributed by atoms with E-state index in [9.17, 15) is 4.79 Å². The number of amides is 1. The van der Waals surface area contributed by atoms with Crippen molar-refractivity contribution >= 4 is 16.7 Å². The maximum Gasteiger partial charge on any atom is 0.261 e. The molecule has 0 spiro atoms. The average Bonchev–Trinajstić information content (AvgIpc) is 2.72. The van der Waals surface area contributed by atoms with Crippen molar-refractivity contribution in [1.29, 1.82) is 0 Å². The van der Waals surface area contributed by atoms with Gasteiger partial charge in [0.15, 0.2) is 6.10 Å². The molecule has 0 unspecified atom stereocenters. The van der Waals surface area contributed by atoms with Gasteiger partial charge in [0, 0.05) is 17.4 Å². The molecule has 0 aliphatic carbocycles. The second kappa shape index (κ2) is 8.02. The summed E-state index contributed by atoms with van der Waals surface area (Å²) in [5.41, 5.74) is 1.83. The first kappa shape index (κ1) is 20.3. The van der Waals surface area contributed by atoms with E-state index in [1.54, 1.807) is 0 Å². The molecule has 1 aliphatic heterocycles. The predicted octanol–water partition coefficient (Wildman–Crippen LogP) is 5.72. The summed E-state index contributed by atoms with van der Waals surface area (Å²) < 4.78 is 12.3. The molecule has 0 fully saturated rings. The third-order valence-electron chi connectivity index (χ3n) is 5.62. The van der Waals surface area contributed by atoms with E-state index in [1.807, 2.05) is 61.5 Å². The Labute approximate surface area is 178 Å². The van der Waals surface area contributed by atoms with Gasteiger partial charge in [-0.2, -0.15) is 0 Å². The Morgan fingerprint density at radius 3 is 2.73 bits per heavy atom. The Morgan fingerprint density at radius 1 is 1.17 bits per heavy atom. The van der Waals surface area contributed by atoms with Gasteiger partial charge in [-0.05, 0) is 44.7 Å². The number of carbonyl (C=O) groups is 1. The Bertz CT molecular complexity index is 1070. The van der Waals surface area contributed by atoms with Crippen LogP contribution < -0.4 is 14.8 Å². The molecule has 2 atom stereocenters. The molecule has 3 aromatic rings. The van der Waals surface area contributed by atoms with Gasteiger partial charge in [-0.1, -0.05) is 61.0 Å². The molecule has 4 rings (SSSR count). The molecule has 1 aliphatic rings. The molecular formula is C26H29NO3. The van der Waals surface area contributed by atoms with Crippen LogP contribution in [0.2, 0.25) is 0 Å². The number of aryl methyl sites for hydroxylation is 1. The molecule has 4 nitrogen and oxygen atoms in total. The largest absolute Gasteiger partial charge is 0.487 e. The number of ether oxygens (including phenoxy) is 2. The van der Waals surface area contributed by atoms with E-state index in [1.165, 1.54) is 0 Å². The molecule has 4 heteroatoms. The number of carbonyl (C=O) groups excluding carboxylic acids is 1. The molecule has 0 saturated heterocycles. The predicted molar refractivity (Wildman–Crippen MR) is 120 cm³/mol. The van der Waals surface area contributed by atoms with Crippen molar-refractivity contribution < 1.29 is 14.3 Å². The van der Waals surface area contributed by atoms with Gasteiger partial charge >= 0.3 is 0 Å². The minimum atomic E-state index is -0.560. The van der Waals surface area contributed by atoms with Gasteiger partial charge in [0.25, 0.3) is 5.91 Å². The van der Waals surface area contributed by atoms with Crippen molar-refractivity contribution in [3.8, 4) is 11.5 Å². The number of rotatable bonds is 5. The third kappa shape index (κ3) is 4.13. The van der Waals surface area contributed by atoms with Gasteiger partial charge in [0.2, 0.25) is 0 Å². The monoisotopic (exact) mass is 403 g/mol. The number of nitrogens with one attached hydrogen (secondary N) is 1. The molecule has 1 amide bonds. The van der Waals surface area contributed by atoms with Crippen LogP contribution in [0.5, 0.6) is 11.5 Å². The summed E-state index contributed by atoms with van der Waals surface area (Å²) in [6.45, 7) is 8.14. The van der Waals surface area contributed by atoms with Crippen LogP contribution in [0.3, 0.4) is 0 Å². The standard InChI is InChI=1S/C26H29NO3/c1-5-22(29-23-12-8-10-18-9-6-7-11-19(18)23)25(28)27-21-16-26(3,4)30-24-14-13-17(2)15-20(21)24/h6-15,21-22H,5,16H2,1-4H3,(H,27,28)/t21-,22-/m0/s1. The molecule has 0 saturated carbocycles. The Balaban J connectivity index is 1.57. The zero-order valence-electron chi connectivity index (χ0n) is 18.1. The minimum Gasteiger partial charge on any atom is -0.487 e. The normalized spacial score (nSPS) is 18.2. The fraction of sp³-hybridized carbons (Fsp3) is 0.346. The zero-order chi connectivity index (χ0) is 21.3. The van der Waals surface area contributed by atoms with Crippen molar-refractivity contribution in [3.05, 3.63) is 71.8 Å². The van der Waals surface area contributed by atoms with Gasteiger partial charge in [-0.15, -0.1) is 0 Å². The van der Waals surface area contributed by atoms with Crippen LogP contribution in [-0.2, 0) is 4.79 Å². The van der Waals surface area contributed by atoms with E-state index < -0.39 is 6.10 Å². The van der Waals surface area contributed by atoms with Crippen LogP contribution in [-0.4, -0.2) is 17.6 Å². The second-order valence-electron chi connectivity index (χ2n) is 8.66. The number of hydrogen-bond acceptors (Lipinski definition) is 3. The highest BCUT2D eigenvalue weighted by atomic mass is 16.5. The molecule has 156 valence electrons. The van der Waals surface area contributed by atoms with Crippen LogP contribution in [0.25, 0.3) is 10.8 Å². The first-order chi connectivity index (χ1) is 14.4. The maximum atomic E-state index is 13.2. The summed E-state index contributed by atoms with van der Waals surface area (Å²) >= 11 is 0. The topological polar surface area (TPSA) is 47.6 Å². The fourth-order valence-electron chi connectivity index (χ4n) is 4.14. The van der Waals surface area contributed by atoms with Gasteiger partial charge in [-0.25, -0.2) is 0 Å². The van der Waals surface area contributed by atoms with Crippen molar-refractivity contribution in [2.45, 2.75) is 58.3 Å². The molecule has 0 aromatic heterocycles. The SMILES string of the molecule is CC[C@H](Oc1cccc2ccccc12)C(=O)N[C@H]1CC(C)(C)Oc2ccc(C)cc21. The van der Waals surface area contributed by atoms with Gasteiger partial charge < -0.3 is 14.8 Å². The number of fused-ring (bicyclic) bond motifs is 2. The average molecular weight is 404 g/mol. The summed E-state index contributed by atoms with van der Waals surface area (Å²) in [4.78, 5) is 13.2. The van der Waals surface area contributed by atoms with Gasteiger partial charge in [-0.3, -0.25) is 4.79 Å². The molecule has 1 heterocycles. The molecular weight excluding hydrogens is 374 g/mol. The van der Waals surface area contributed by atoms with E-state index in [-0.39, 0.29) is 17.6 Å². The highest BCUT2D eigenvalue weighted by Gasteiger charge is 2.35. The van der Waals surface area contributed by atoms with Crippen LogP contribution >= 0.6 is 0 Å². The summed E-state index contributed by atoms with van der Waals surface area (Å²) in [7, 11) is 0. The molecule has 3 aromatic carbocycles. The molecule has 0 bridgehead atoms. The van der Waals surface area contributed by atoms with E-state index >= 15 is 0 Å².